The Morgan fingerprint density at radius 2 is 0.700 bits per heavy atom. The number of rotatable bonds is 9. The van der Waals surface area contributed by atoms with E-state index in [4.69, 9.17) is 18.9 Å². The molecule has 0 fully saturated rings. The Hall–Kier alpha value is -7.82. The van der Waals surface area contributed by atoms with Crippen LogP contribution in [0, 0.1) is 0 Å². The molecule has 0 atom stereocenters. The molecule has 4 nitrogen and oxygen atoms in total. The highest BCUT2D eigenvalue weighted by Gasteiger charge is 2.27. The normalized spacial score (nSPS) is 12.2. The van der Waals surface area contributed by atoms with E-state index in [1.165, 1.54) is 70.6 Å². The van der Waals surface area contributed by atoms with E-state index in [9.17, 15) is 0 Å². The molecule has 0 aliphatic carbocycles. The maximum absolute atomic E-state index is 5.83. The van der Waals surface area contributed by atoms with Crippen LogP contribution in [0.4, 0.5) is 0 Å². The Balaban J connectivity index is 1.46. The van der Waals surface area contributed by atoms with Crippen molar-refractivity contribution < 1.29 is 18.9 Å². The molecule has 346 valence electrons. The number of hydrogen-bond acceptors (Lipinski definition) is 4. The molecule has 0 aliphatic heterocycles. The number of benzene rings is 11. The molecular weight excluding hydrogens is 857 g/mol. The van der Waals surface area contributed by atoms with Crippen LogP contribution < -0.4 is 18.9 Å². The first kappa shape index (κ1) is 44.7. The molecule has 11 aromatic rings. The lowest BCUT2D eigenvalue weighted by molar-refractivity contribution is 0.415. The van der Waals surface area contributed by atoms with Gasteiger partial charge in [0.05, 0.1) is 28.4 Å². The monoisotopic (exact) mass is 914 g/mol. The zero-order chi connectivity index (χ0) is 48.8. The highest BCUT2D eigenvalue weighted by molar-refractivity contribution is 6.39. The molecule has 0 saturated heterocycles. The largest absolute Gasteiger partial charge is 0.497 e. The second kappa shape index (κ2) is 16.7. The van der Waals surface area contributed by atoms with Gasteiger partial charge in [-0.1, -0.05) is 127 Å². The Bertz CT molecular complexity index is 3830. The Labute approximate surface area is 411 Å². The van der Waals surface area contributed by atoms with Crippen molar-refractivity contribution in [1.82, 2.24) is 0 Å². The van der Waals surface area contributed by atoms with Gasteiger partial charge in [-0.25, -0.2) is 0 Å². The van der Waals surface area contributed by atoms with Crippen LogP contribution in [-0.4, -0.2) is 28.4 Å². The fourth-order valence-electron chi connectivity index (χ4n) is 10.9. The second-order valence-corrected chi connectivity index (χ2v) is 20.8. The van der Waals surface area contributed by atoms with E-state index >= 15 is 0 Å². The Kier molecular flexibility index (Phi) is 10.7. The predicted octanol–water partition coefficient (Wildman–Crippen LogP) is 18.0. The average Bonchev–Trinajstić information content (AvgIpc) is 3.37. The van der Waals surface area contributed by atoms with Gasteiger partial charge in [-0.15, -0.1) is 0 Å². The number of methoxy groups -OCH3 is 4. The fourth-order valence-corrected chi connectivity index (χ4v) is 10.9. The van der Waals surface area contributed by atoms with Crippen LogP contribution in [0.5, 0.6) is 23.0 Å². The van der Waals surface area contributed by atoms with Crippen LogP contribution in [-0.2, 0) is 10.8 Å². The van der Waals surface area contributed by atoms with Crippen LogP contribution in [0.25, 0.3) is 115 Å². The average molecular weight is 915 g/mol. The second-order valence-electron chi connectivity index (χ2n) is 20.8. The van der Waals surface area contributed by atoms with Gasteiger partial charge in [0, 0.05) is 0 Å². The van der Waals surface area contributed by atoms with E-state index in [1.54, 1.807) is 28.4 Å². The van der Waals surface area contributed by atoms with Gasteiger partial charge in [-0.05, 0) is 216 Å². The van der Waals surface area contributed by atoms with Crippen LogP contribution >= 0.6 is 0 Å². The smallest absolute Gasteiger partial charge is 0.118 e. The zero-order valence-electron chi connectivity index (χ0n) is 41.9. The first-order valence-corrected chi connectivity index (χ1v) is 24.1. The molecule has 70 heavy (non-hydrogen) atoms. The van der Waals surface area contributed by atoms with E-state index in [-0.39, 0.29) is 10.8 Å². The van der Waals surface area contributed by atoms with Gasteiger partial charge in [0.1, 0.15) is 23.0 Å². The zero-order valence-corrected chi connectivity index (χ0v) is 41.9. The molecule has 4 heteroatoms. The van der Waals surface area contributed by atoms with E-state index in [1.807, 2.05) is 6.08 Å². The summed E-state index contributed by atoms with van der Waals surface area (Å²) in [4.78, 5) is 0. The van der Waals surface area contributed by atoms with Crippen molar-refractivity contribution in [2.24, 2.45) is 0 Å². The minimum absolute atomic E-state index is 0.0868. The summed E-state index contributed by atoms with van der Waals surface area (Å²) < 4.78 is 23.0. The van der Waals surface area contributed by atoms with Gasteiger partial charge in [0.25, 0.3) is 0 Å². The van der Waals surface area contributed by atoms with Gasteiger partial charge in [0.15, 0.2) is 0 Å². The quantitative estimate of drug-likeness (QED) is 0.107. The predicted molar refractivity (Wildman–Crippen MR) is 298 cm³/mol. The summed E-state index contributed by atoms with van der Waals surface area (Å²) in [5, 5.41) is 14.3. The summed E-state index contributed by atoms with van der Waals surface area (Å²) >= 11 is 0. The summed E-state index contributed by atoms with van der Waals surface area (Å²) in [7, 11) is 6.91. The highest BCUT2D eigenvalue weighted by Crippen LogP contribution is 2.54. The minimum atomic E-state index is -0.0995. The topological polar surface area (TPSA) is 36.9 Å². The molecule has 0 N–H and O–H groups in total. The summed E-state index contributed by atoms with van der Waals surface area (Å²) in [6, 6.07) is 56.1. The maximum Gasteiger partial charge on any atom is 0.118 e. The molecule has 11 rings (SSSR count). The maximum atomic E-state index is 5.83. The Morgan fingerprint density at radius 3 is 1.11 bits per heavy atom. The number of ether oxygens (including phenoxy) is 4. The number of fused-ring (bicyclic) bond motifs is 5. The van der Waals surface area contributed by atoms with Gasteiger partial charge >= 0.3 is 0 Å². The number of hydrogen-bond donors (Lipinski definition) is 0. The molecule has 0 aromatic heterocycles. The van der Waals surface area contributed by atoms with Crippen molar-refractivity contribution in [1.29, 1.82) is 0 Å². The third-order valence-electron chi connectivity index (χ3n) is 14.6. The summed E-state index contributed by atoms with van der Waals surface area (Å²) in [6.07, 6.45) is 2.05. The van der Waals surface area contributed by atoms with Gasteiger partial charge < -0.3 is 18.9 Å². The first-order chi connectivity index (χ1) is 33.7. The van der Waals surface area contributed by atoms with Crippen molar-refractivity contribution in [3.63, 3.8) is 0 Å². The molecule has 11 aromatic carbocycles. The van der Waals surface area contributed by atoms with Crippen molar-refractivity contribution in [2.45, 2.75) is 52.4 Å². The molecule has 0 saturated carbocycles. The van der Waals surface area contributed by atoms with Crippen LogP contribution in [0.3, 0.4) is 0 Å². The first-order valence-electron chi connectivity index (χ1n) is 24.1. The van der Waals surface area contributed by atoms with Crippen molar-refractivity contribution in [3.05, 3.63) is 175 Å². The van der Waals surface area contributed by atoms with Gasteiger partial charge in [-0.2, -0.15) is 0 Å². The molecule has 0 amide bonds. The van der Waals surface area contributed by atoms with Gasteiger partial charge in [-0.3, -0.25) is 0 Å². The van der Waals surface area contributed by atoms with E-state index < -0.39 is 0 Å². The summed E-state index contributed by atoms with van der Waals surface area (Å²) in [5.74, 6) is 3.26. The minimum Gasteiger partial charge on any atom is -0.497 e. The molecular formula is C66H58O4. The van der Waals surface area contributed by atoms with Crippen LogP contribution in [0.1, 0.15) is 58.2 Å². The summed E-state index contributed by atoms with van der Waals surface area (Å²) in [5.41, 5.74) is 12.6. The lowest BCUT2D eigenvalue weighted by Crippen LogP contribution is -2.11. The van der Waals surface area contributed by atoms with E-state index in [0.717, 1.165) is 78.3 Å². The van der Waals surface area contributed by atoms with Gasteiger partial charge in [0.2, 0.25) is 0 Å². The van der Waals surface area contributed by atoms with Crippen LogP contribution in [0.15, 0.2) is 158 Å². The molecule has 0 aliphatic rings. The molecule has 0 radical (unpaired) electrons. The SMILES string of the molecule is C=Cc1cc(C(C)(C)C)cc2cc(-c3ccc(OC)cc3)c3cc4cc5c(-c6ccc(OC)cc6)cc6cc(C(C)(C)C)cc7cc(-c8ccc(OC)cc8)c(c4c(-c4ccc(OC)cc4)c3c12)c5c67. The molecule has 0 heterocycles. The molecule has 0 unspecified atom stereocenters. The fraction of sp³-hybridized carbons (Fsp3) is 0.182. The van der Waals surface area contributed by atoms with Crippen molar-refractivity contribution >= 4 is 70.7 Å². The van der Waals surface area contributed by atoms with Crippen LogP contribution in [0.2, 0.25) is 0 Å². The van der Waals surface area contributed by atoms with E-state index in [0.29, 0.717) is 0 Å². The third kappa shape index (κ3) is 7.28. The summed E-state index contributed by atoms with van der Waals surface area (Å²) in [6.45, 7) is 18.3. The molecule has 0 spiro atoms. The van der Waals surface area contributed by atoms with E-state index in [2.05, 4.69) is 200 Å². The Morgan fingerprint density at radius 1 is 0.343 bits per heavy atom. The van der Waals surface area contributed by atoms with Crippen molar-refractivity contribution in [2.75, 3.05) is 28.4 Å². The van der Waals surface area contributed by atoms with Crippen molar-refractivity contribution in [3.8, 4) is 67.5 Å². The standard InChI is InChI=1S/C66H58O4/c1-12-38-29-47(65(2,3)4)30-43-33-53(39-13-21-49(67-8)22-14-39)56-36-46-37-57-54(40-15-23-50(68-9)24-16-40)34-44-31-48(66(5,6)7)32-45-35-55(41-17-25-51(69-10)26-18-41)62(64(57)59(44)45)61(46)60(63(56)58(38)43)42-19-27-52(70-11)28-20-42/h12-37H,1H2,2-11H3. The highest BCUT2D eigenvalue weighted by atomic mass is 16.5. The molecule has 0 bridgehead atoms. The lowest BCUT2D eigenvalue weighted by atomic mass is 9.77. The third-order valence-corrected chi connectivity index (χ3v) is 14.6. The lowest BCUT2D eigenvalue weighted by Gasteiger charge is -2.26.